The number of nitro groups is 1. The lowest BCUT2D eigenvalue weighted by Gasteiger charge is -2.11. The van der Waals surface area contributed by atoms with E-state index in [0.29, 0.717) is 18.7 Å². The van der Waals surface area contributed by atoms with Crippen molar-refractivity contribution in [3.63, 3.8) is 0 Å². The summed E-state index contributed by atoms with van der Waals surface area (Å²) in [5.41, 5.74) is 0.582. The van der Waals surface area contributed by atoms with Crippen LogP contribution in [-0.4, -0.2) is 38.5 Å². The average molecular weight is 300 g/mol. The van der Waals surface area contributed by atoms with Crippen molar-refractivity contribution < 1.29 is 18.1 Å². The Bertz CT molecular complexity index is 614. The van der Waals surface area contributed by atoms with Gasteiger partial charge in [0.2, 0.25) is 0 Å². The monoisotopic (exact) mass is 300 g/mol. The number of nitrogens with one attached hydrogen (secondary N) is 1. The maximum absolute atomic E-state index is 11.3. The predicted molar refractivity (Wildman–Crippen MR) is 74.9 cm³/mol. The molecule has 2 rings (SSSR count). The smallest absolute Gasteiger partial charge is 0.311 e. The topological polar surface area (TPSA) is 98.5 Å². The lowest BCUT2D eigenvalue weighted by Crippen LogP contribution is -2.15. The van der Waals surface area contributed by atoms with Crippen molar-refractivity contribution in [2.24, 2.45) is 5.92 Å². The number of sulfone groups is 1. The van der Waals surface area contributed by atoms with E-state index in [4.69, 9.17) is 4.74 Å². The summed E-state index contributed by atoms with van der Waals surface area (Å²) in [6, 6.07) is 4.50. The van der Waals surface area contributed by atoms with Gasteiger partial charge in [-0.25, -0.2) is 8.42 Å². The Morgan fingerprint density at radius 3 is 2.80 bits per heavy atom. The molecule has 0 spiro atoms. The Morgan fingerprint density at radius 2 is 2.25 bits per heavy atom. The fraction of sp³-hybridized carbons (Fsp3) is 0.500. The van der Waals surface area contributed by atoms with Gasteiger partial charge in [-0.05, 0) is 18.4 Å². The van der Waals surface area contributed by atoms with E-state index in [0.717, 1.165) is 0 Å². The summed E-state index contributed by atoms with van der Waals surface area (Å²) in [5, 5.41) is 13.9. The number of hydrogen-bond donors (Lipinski definition) is 1. The largest absolute Gasteiger partial charge is 0.490 e. The van der Waals surface area contributed by atoms with Crippen molar-refractivity contribution >= 4 is 21.2 Å². The molecule has 1 N–H and O–H groups in total. The van der Waals surface area contributed by atoms with E-state index in [-0.39, 0.29) is 28.9 Å². The predicted octanol–water partition coefficient (Wildman–Crippen LogP) is 1.45. The summed E-state index contributed by atoms with van der Waals surface area (Å²) in [6.07, 6.45) is 0.652. The summed E-state index contributed by atoms with van der Waals surface area (Å²) < 4.78 is 27.7. The molecule has 20 heavy (non-hydrogen) atoms. The second kappa shape index (κ2) is 5.66. The Balaban J connectivity index is 2.02. The molecular weight excluding hydrogens is 284 g/mol. The number of methoxy groups -OCH3 is 1. The summed E-state index contributed by atoms with van der Waals surface area (Å²) in [6.45, 7) is 0.528. The Kier molecular flexibility index (Phi) is 4.12. The number of nitrogens with zero attached hydrogens (tertiary/aromatic N) is 1. The minimum atomic E-state index is -2.88. The first-order chi connectivity index (χ1) is 9.41. The van der Waals surface area contributed by atoms with Crippen molar-refractivity contribution in [1.29, 1.82) is 0 Å². The van der Waals surface area contributed by atoms with Crippen LogP contribution in [0.5, 0.6) is 5.75 Å². The molecular formula is C12H16N2O5S. The van der Waals surface area contributed by atoms with Crippen LogP contribution < -0.4 is 10.1 Å². The van der Waals surface area contributed by atoms with Gasteiger partial charge in [0.05, 0.1) is 23.5 Å². The van der Waals surface area contributed by atoms with Gasteiger partial charge in [0.1, 0.15) is 0 Å². The molecule has 1 aliphatic rings. The first-order valence-electron chi connectivity index (χ1n) is 6.18. The zero-order valence-corrected chi connectivity index (χ0v) is 11.9. The second-order valence-electron chi connectivity index (χ2n) is 4.79. The number of nitro benzene ring substituents is 1. The van der Waals surface area contributed by atoms with Gasteiger partial charge in [-0.2, -0.15) is 0 Å². The van der Waals surface area contributed by atoms with Crippen LogP contribution in [-0.2, 0) is 9.84 Å². The van der Waals surface area contributed by atoms with Crippen LogP contribution in [0, 0.1) is 16.0 Å². The zero-order valence-electron chi connectivity index (χ0n) is 11.0. The van der Waals surface area contributed by atoms with E-state index in [1.54, 1.807) is 12.1 Å². The average Bonchev–Trinajstić information content (AvgIpc) is 2.75. The highest BCUT2D eigenvalue weighted by Gasteiger charge is 2.27. The first kappa shape index (κ1) is 14.6. The van der Waals surface area contributed by atoms with Gasteiger partial charge in [-0.1, -0.05) is 0 Å². The molecule has 1 atom stereocenters. The van der Waals surface area contributed by atoms with Gasteiger partial charge < -0.3 is 10.1 Å². The van der Waals surface area contributed by atoms with E-state index < -0.39 is 14.8 Å². The molecule has 1 unspecified atom stereocenters. The van der Waals surface area contributed by atoms with Crippen LogP contribution in [0.25, 0.3) is 0 Å². The van der Waals surface area contributed by atoms with E-state index in [1.165, 1.54) is 13.2 Å². The lowest BCUT2D eigenvalue weighted by molar-refractivity contribution is -0.385. The van der Waals surface area contributed by atoms with Gasteiger partial charge in [-0.3, -0.25) is 10.1 Å². The van der Waals surface area contributed by atoms with Crippen molar-refractivity contribution in [3.8, 4) is 5.75 Å². The third-order valence-corrected chi connectivity index (χ3v) is 5.14. The van der Waals surface area contributed by atoms with Gasteiger partial charge >= 0.3 is 5.69 Å². The van der Waals surface area contributed by atoms with Crippen LogP contribution in [0.15, 0.2) is 18.2 Å². The quantitative estimate of drug-likeness (QED) is 0.652. The Hall–Kier alpha value is -1.83. The molecule has 1 aromatic carbocycles. The van der Waals surface area contributed by atoms with Crippen molar-refractivity contribution in [3.05, 3.63) is 28.3 Å². The van der Waals surface area contributed by atoms with Crippen LogP contribution in [0.1, 0.15) is 6.42 Å². The van der Waals surface area contributed by atoms with Crippen LogP contribution in [0.2, 0.25) is 0 Å². The maximum Gasteiger partial charge on any atom is 0.311 e. The minimum absolute atomic E-state index is 0.0844. The van der Waals surface area contributed by atoms with E-state index in [9.17, 15) is 18.5 Å². The molecule has 0 aliphatic carbocycles. The SMILES string of the molecule is COc1cc(NCC2CCS(=O)(=O)C2)ccc1[N+](=O)[O-]. The molecule has 0 amide bonds. The zero-order chi connectivity index (χ0) is 14.8. The molecule has 0 radical (unpaired) electrons. The lowest BCUT2D eigenvalue weighted by atomic mass is 10.1. The minimum Gasteiger partial charge on any atom is -0.490 e. The number of rotatable bonds is 5. The molecule has 110 valence electrons. The van der Waals surface area contributed by atoms with E-state index in [2.05, 4.69) is 5.32 Å². The maximum atomic E-state index is 11.3. The fourth-order valence-corrected chi connectivity index (χ4v) is 4.10. The molecule has 1 aliphatic heterocycles. The van der Waals surface area contributed by atoms with Crippen LogP contribution >= 0.6 is 0 Å². The summed E-state index contributed by atoms with van der Waals surface area (Å²) in [7, 11) is -1.51. The van der Waals surface area contributed by atoms with Gasteiger partial charge in [0.15, 0.2) is 15.6 Å². The second-order valence-corrected chi connectivity index (χ2v) is 7.02. The molecule has 7 nitrogen and oxygen atoms in total. The highest BCUT2D eigenvalue weighted by atomic mass is 32.2. The van der Waals surface area contributed by atoms with Crippen LogP contribution in [0.3, 0.4) is 0 Å². The van der Waals surface area contributed by atoms with Gasteiger partial charge in [0.25, 0.3) is 0 Å². The molecule has 0 saturated carbocycles. The molecule has 8 heteroatoms. The van der Waals surface area contributed by atoms with Crippen LogP contribution in [0.4, 0.5) is 11.4 Å². The van der Waals surface area contributed by atoms with Gasteiger partial charge in [0, 0.05) is 24.4 Å². The highest BCUT2D eigenvalue weighted by Crippen LogP contribution is 2.30. The molecule has 0 bridgehead atoms. The van der Waals surface area contributed by atoms with Crippen molar-refractivity contribution in [1.82, 2.24) is 0 Å². The van der Waals surface area contributed by atoms with Crippen molar-refractivity contribution in [2.45, 2.75) is 6.42 Å². The highest BCUT2D eigenvalue weighted by molar-refractivity contribution is 7.91. The normalized spacial score (nSPS) is 20.6. The summed E-state index contributed by atoms with van der Waals surface area (Å²) in [4.78, 5) is 10.3. The summed E-state index contributed by atoms with van der Waals surface area (Å²) >= 11 is 0. The summed E-state index contributed by atoms with van der Waals surface area (Å²) in [5.74, 6) is 0.702. The Morgan fingerprint density at radius 1 is 1.50 bits per heavy atom. The van der Waals surface area contributed by atoms with Crippen molar-refractivity contribution in [2.75, 3.05) is 30.5 Å². The number of anilines is 1. The number of hydrogen-bond acceptors (Lipinski definition) is 6. The Labute approximate surface area is 117 Å². The fourth-order valence-electron chi connectivity index (χ4n) is 2.23. The molecule has 0 aromatic heterocycles. The molecule has 1 saturated heterocycles. The first-order valence-corrected chi connectivity index (χ1v) is 8.00. The third kappa shape index (κ3) is 3.38. The van der Waals surface area contributed by atoms with E-state index in [1.807, 2.05) is 0 Å². The standard InChI is InChI=1S/C12H16N2O5S/c1-19-12-6-10(2-3-11(12)14(15)16)13-7-9-4-5-20(17,18)8-9/h2-3,6,9,13H,4-5,7-8H2,1H3. The molecule has 1 aromatic rings. The van der Waals surface area contributed by atoms with Gasteiger partial charge in [-0.15, -0.1) is 0 Å². The van der Waals surface area contributed by atoms with E-state index >= 15 is 0 Å². The number of benzene rings is 1. The molecule has 1 fully saturated rings. The molecule has 1 heterocycles. The third-order valence-electron chi connectivity index (χ3n) is 3.30. The number of ether oxygens (including phenoxy) is 1.